The van der Waals surface area contributed by atoms with Gasteiger partial charge in [0.2, 0.25) is 15.9 Å². The summed E-state index contributed by atoms with van der Waals surface area (Å²) in [5, 5.41) is 9.51. The fourth-order valence-corrected chi connectivity index (χ4v) is 4.86. The molecular formula is C19H24N2O5S. The number of carbonyl (C=O) groups excluding carboxylic acids is 1. The molecule has 0 bridgehead atoms. The molecule has 1 aromatic rings. The van der Waals surface area contributed by atoms with Crippen molar-refractivity contribution >= 4 is 28.0 Å². The third-order valence-electron chi connectivity index (χ3n) is 5.51. The van der Waals surface area contributed by atoms with Crippen molar-refractivity contribution in [3.05, 3.63) is 35.9 Å². The highest BCUT2D eigenvalue weighted by Crippen LogP contribution is 2.40. The number of fused-ring (bicyclic) bond motifs is 1. The first-order chi connectivity index (χ1) is 12.8. The SMILES string of the molecule is CNS(=O)(=O)c1ccc(/C=C/C(=O)N2C(C(=O)O)CC3CCCCC32)cc1. The quantitative estimate of drug-likeness (QED) is 0.745. The van der Waals surface area contributed by atoms with Crippen molar-refractivity contribution in [1.82, 2.24) is 9.62 Å². The summed E-state index contributed by atoms with van der Waals surface area (Å²) < 4.78 is 25.7. The fourth-order valence-electron chi connectivity index (χ4n) is 4.13. The minimum Gasteiger partial charge on any atom is -0.480 e. The molecule has 2 fully saturated rings. The second kappa shape index (κ2) is 7.82. The Labute approximate surface area is 159 Å². The van der Waals surface area contributed by atoms with Crippen LogP contribution in [0.2, 0.25) is 0 Å². The monoisotopic (exact) mass is 392 g/mol. The first-order valence-electron chi connectivity index (χ1n) is 9.10. The molecule has 1 amide bonds. The highest BCUT2D eigenvalue weighted by molar-refractivity contribution is 7.89. The topological polar surface area (TPSA) is 104 Å². The van der Waals surface area contributed by atoms with E-state index in [0.29, 0.717) is 12.0 Å². The number of hydrogen-bond donors (Lipinski definition) is 2. The molecule has 0 aromatic heterocycles. The first kappa shape index (κ1) is 19.6. The number of benzene rings is 1. The third-order valence-corrected chi connectivity index (χ3v) is 6.94. The molecule has 1 saturated heterocycles. The highest BCUT2D eigenvalue weighted by Gasteiger charge is 2.46. The van der Waals surface area contributed by atoms with Crippen LogP contribution in [0.1, 0.15) is 37.7 Å². The van der Waals surface area contributed by atoms with Gasteiger partial charge < -0.3 is 10.0 Å². The molecule has 7 nitrogen and oxygen atoms in total. The van der Waals surface area contributed by atoms with Gasteiger partial charge in [-0.1, -0.05) is 25.0 Å². The zero-order valence-corrected chi connectivity index (χ0v) is 16.0. The average Bonchev–Trinajstić information content (AvgIpc) is 3.06. The van der Waals surface area contributed by atoms with Gasteiger partial charge in [0.25, 0.3) is 0 Å². The lowest BCUT2D eigenvalue weighted by molar-refractivity contribution is -0.147. The first-order valence-corrected chi connectivity index (χ1v) is 10.6. The van der Waals surface area contributed by atoms with Gasteiger partial charge in [-0.3, -0.25) is 4.79 Å². The van der Waals surface area contributed by atoms with E-state index < -0.39 is 22.0 Å². The Hall–Kier alpha value is -2.19. The summed E-state index contributed by atoms with van der Waals surface area (Å²) in [6.07, 6.45) is 7.43. The summed E-state index contributed by atoms with van der Waals surface area (Å²) in [7, 11) is -2.16. The van der Waals surface area contributed by atoms with E-state index in [-0.39, 0.29) is 22.8 Å². The van der Waals surface area contributed by atoms with E-state index in [2.05, 4.69) is 4.72 Å². The van der Waals surface area contributed by atoms with Gasteiger partial charge in [0.15, 0.2) is 0 Å². The number of hydrogen-bond acceptors (Lipinski definition) is 4. The Balaban J connectivity index is 1.76. The van der Waals surface area contributed by atoms with Gasteiger partial charge in [0.05, 0.1) is 4.90 Å². The maximum atomic E-state index is 12.7. The molecule has 0 radical (unpaired) electrons. The number of nitrogens with one attached hydrogen (secondary N) is 1. The summed E-state index contributed by atoms with van der Waals surface area (Å²) in [4.78, 5) is 26.0. The number of rotatable bonds is 5. The van der Waals surface area contributed by atoms with Gasteiger partial charge in [0.1, 0.15) is 6.04 Å². The van der Waals surface area contributed by atoms with Gasteiger partial charge in [-0.2, -0.15) is 0 Å². The van der Waals surface area contributed by atoms with Crippen molar-refractivity contribution in [3.8, 4) is 0 Å². The summed E-state index contributed by atoms with van der Waals surface area (Å²) in [6, 6.07) is 5.37. The Kier molecular flexibility index (Phi) is 5.67. The minimum atomic E-state index is -3.50. The van der Waals surface area contributed by atoms with E-state index in [1.54, 1.807) is 18.2 Å². The molecule has 3 unspecified atom stereocenters. The minimum absolute atomic E-state index is 0.000137. The number of carboxylic acid groups (broad SMARTS) is 1. The number of likely N-dealkylation sites (tertiary alicyclic amines) is 1. The van der Waals surface area contributed by atoms with Gasteiger partial charge in [-0.25, -0.2) is 17.9 Å². The van der Waals surface area contributed by atoms with Crippen molar-refractivity contribution in [2.24, 2.45) is 5.92 Å². The van der Waals surface area contributed by atoms with Gasteiger partial charge in [-0.15, -0.1) is 0 Å². The lowest BCUT2D eigenvalue weighted by Crippen LogP contribution is -2.45. The van der Waals surface area contributed by atoms with Crippen LogP contribution >= 0.6 is 0 Å². The number of aliphatic carboxylic acids is 1. The lowest BCUT2D eigenvalue weighted by atomic mass is 9.85. The van der Waals surface area contributed by atoms with Crippen molar-refractivity contribution < 1.29 is 23.1 Å². The Morgan fingerprint density at radius 2 is 1.85 bits per heavy atom. The highest BCUT2D eigenvalue weighted by atomic mass is 32.2. The predicted molar refractivity (Wildman–Crippen MR) is 100 cm³/mol. The molecule has 1 saturated carbocycles. The second-order valence-electron chi connectivity index (χ2n) is 7.06. The molecule has 2 aliphatic rings. The van der Waals surface area contributed by atoms with Crippen molar-refractivity contribution in [2.75, 3.05) is 7.05 Å². The van der Waals surface area contributed by atoms with Crippen LogP contribution in [0, 0.1) is 5.92 Å². The summed E-state index contributed by atoms with van der Waals surface area (Å²) in [5.74, 6) is -0.986. The molecule has 1 aliphatic carbocycles. The molecule has 3 atom stereocenters. The maximum absolute atomic E-state index is 12.7. The van der Waals surface area contributed by atoms with Crippen LogP contribution in [0.4, 0.5) is 0 Å². The van der Waals surface area contributed by atoms with E-state index in [1.165, 1.54) is 30.2 Å². The molecule has 0 spiro atoms. The molecule has 27 heavy (non-hydrogen) atoms. The maximum Gasteiger partial charge on any atom is 0.326 e. The zero-order valence-electron chi connectivity index (χ0n) is 15.2. The van der Waals surface area contributed by atoms with Crippen molar-refractivity contribution in [1.29, 1.82) is 0 Å². The smallest absolute Gasteiger partial charge is 0.326 e. The number of carbonyl (C=O) groups is 2. The molecule has 146 valence electrons. The number of sulfonamides is 1. The van der Waals surface area contributed by atoms with Crippen LogP contribution in [-0.2, 0) is 19.6 Å². The van der Waals surface area contributed by atoms with Gasteiger partial charge >= 0.3 is 5.97 Å². The molecule has 1 aliphatic heterocycles. The Morgan fingerprint density at radius 1 is 1.19 bits per heavy atom. The molecule has 3 rings (SSSR count). The van der Waals surface area contributed by atoms with E-state index in [0.717, 1.165) is 25.7 Å². The van der Waals surface area contributed by atoms with Crippen molar-refractivity contribution in [3.63, 3.8) is 0 Å². The molecule has 1 aromatic carbocycles. The van der Waals surface area contributed by atoms with Gasteiger partial charge in [0, 0.05) is 12.1 Å². The summed E-state index contributed by atoms with van der Waals surface area (Å²) in [6.45, 7) is 0. The number of nitrogens with zero attached hydrogens (tertiary/aromatic N) is 1. The largest absolute Gasteiger partial charge is 0.480 e. The second-order valence-corrected chi connectivity index (χ2v) is 8.94. The molecule has 2 N–H and O–H groups in total. The Bertz CT molecular complexity index is 847. The van der Waals surface area contributed by atoms with E-state index in [9.17, 15) is 23.1 Å². The zero-order chi connectivity index (χ0) is 19.6. The molecule has 1 heterocycles. The van der Waals surface area contributed by atoms with E-state index in [1.807, 2.05) is 0 Å². The van der Waals surface area contributed by atoms with Crippen LogP contribution in [0.3, 0.4) is 0 Å². The van der Waals surface area contributed by atoms with Gasteiger partial charge in [-0.05, 0) is 56.0 Å². The van der Waals surface area contributed by atoms with Crippen LogP contribution in [0.25, 0.3) is 6.08 Å². The number of carboxylic acids is 1. The summed E-state index contributed by atoms with van der Waals surface area (Å²) >= 11 is 0. The Morgan fingerprint density at radius 3 is 2.48 bits per heavy atom. The summed E-state index contributed by atoms with van der Waals surface area (Å²) in [5.41, 5.74) is 0.671. The lowest BCUT2D eigenvalue weighted by Gasteiger charge is -2.32. The molecular weight excluding hydrogens is 368 g/mol. The normalized spacial score (nSPS) is 25.5. The standard InChI is InChI=1S/C19H24N2O5S/c1-20-27(25,26)15-9-6-13(7-10-15)8-11-18(22)21-16-5-3-2-4-14(16)12-17(21)19(23)24/h6-11,14,16-17,20H,2-5,12H2,1H3,(H,23,24)/b11-8+. The fraction of sp³-hybridized carbons (Fsp3) is 0.474. The van der Waals surface area contributed by atoms with Crippen LogP contribution < -0.4 is 4.72 Å². The van der Waals surface area contributed by atoms with E-state index in [4.69, 9.17) is 0 Å². The number of amides is 1. The van der Waals surface area contributed by atoms with E-state index >= 15 is 0 Å². The third kappa shape index (κ3) is 4.06. The predicted octanol–water partition coefficient (Wildman–Crippen LogP) is 1.85. The van der Waals surface area contributed by atoms with Crippen LogP contribution in [0.15, 0.2) is 35.2 Å². The molecule has 8 heteroatoms. The van der Waals surface area contributed by atoms with Crippen LogP contribution in [-0.4, -0.2) is 49.4 Å². The van der Waals surface area contributed by atoms with Crippen LogP contribution in [0.5, 0.6) is 0 Å². The average molecular weight is 392 g/mol. The van der Waals surface area contributed by atoms with Crippen molar-refractivity contribution in [2.45, 2.75) is 49.1 Å².